The van der Waals surface area contributed by atoms with Crippen LogP contribution in [-0.4, -0.2) is 23.0 Å². The number of amides is 1. The molecule has 0 bridgehead atoms. The largest absolute Gasteiger partial charge is 0.484 e. The molecule has 0 unspecified atom stereocenters. The highest BCUT2D eigenvalue weighted by Crippen LogP contribution is 2.26. The Morgan fingerprint density at radius 3 is 2.56 bits per heavy atom. The zero-order valence-electron chi connectivity index (χ0n) is 13.9. The molecule has 1 amide bonds. The van der Waals surface area contributed by atoms with Gasteiger partial charge in [0.2, 0.25) is 0 Å². The molecule has 0 aliphatic carbocycles. The maximum absolute atomic E-state index is 12.7. The minimum atomic E-state index is -0.561. The summed E-state index contributed by atoms with van der Waals surface area (Å²) < 4.78 is 7.06. The fourth-order valence-corrected chi connectivity index (χ4v) is 3.03. The Balaban J connectivity index is 1.93. The van der Waals surface area contributed by atoms with Gasteiger partial charge in [0, 0.05) is 16.1 Å². The van der Waals surface area contributed by atoms with Gasteiger partial charge in [0.25, 0.3) is 11.8 Å². The zero-order chi connectivity index (χ0) is 18.1. The summed E-state index contributed by atoms with van der Waals surface area (Å²) in [6.07, 6.45) is 0. The second-order valence-corrected chi connectivity index (χ2v) is 6.18. The number of aromatic nitrogens is 1. The molecule has 0 aliphatic heterocycles. The standard InChI is InChI=1S/C19H17ClN2O3/c1-11-9-13(7-8-15(11)20)25-10-17(23)22-12(2)18(19(21)24)14-5-3-4-6-16(14)22/h3-9H,10H2,1-2H3,(H2,21,24). The number of nitrogens with two attached hydrogens (primary N) is 1. The van der Waals surface area contributed by atoms with E-state index in [1.807, 2.05) is 6.92 Å². The van der Waals surface area contributed by atoms with Crippen molar-refractivity contribution in [2.24, 2.45) is 5.73 Å². The molecule has 6 heteroatoms. The van der Waals surface area contributed by atoms with Gasteiger partial charge < -0.3 is 10.5 Å². The third-order valence-electron chi connectivity index (χ3n) is 4.10. The average molecular weight is 357 g/mol. The maximum atomic E-state index is 12.7. The van der Waals surface area contributed by atoms with Crippen LogP contribution < -0.4 is 10.5 Å². The Hall–Kier alpha value is -2.79. The first kappa shape index (κ1) is 17.0. The van der Waals surface area contributed by atoms with Crippen LogP contribution in [0.2, 0.25) is 5.02 Å². The molecule has 128 valence electrons. The summed E-state index contributed by atoms with van der Waals surface area (Å²) >= 11 is 5.99. The van der Waals surface area contributed by atoms with Crippen molar-refractivity contribution in [1.82, 2.24) is 4.57 Å². The number of para-hydroxylation sites is 1. The third-order valence-corrected chi connectivity index (χ3v) is 4.52. The highest BCUT2D eigenvalue weighted by Gasteiger charge is 2.21. The number of ether oxygens (including phenoxy) is 1. The molecule has 0 saturated heterocycles. The van der Waals surface area contributed by atoms with E-state index in [9.17, 15) is 9.59 Å². The van der Waals surface area contributed by atoms with Crippen LogP contribution in [0.15, 0.2) is 42.5 Å². The first-order valence-corrected chi connectivity index (χ1v) is 8.10. The van der Waals surface area contributed by atoms with E-state index in [1.54, 1.807) is 49.4 Å². The van der Waals surface area contributed by atoms with Crippen molar-refractivity contribution >= 4 is 34.3 Å². The van der Waals surface area contributed by atoms with Gasteiger partial charge in [-0.1, -0.05) is 29.8 Å². The van der Waals surface area contributed by atoms with Crippen LogP contribution in [0.5, 0.6) is 5.75 Å². The molecule has 0 spiro atoms. The van der Waals surface area contributed by atoms with Crippen molar-refractivity contribution in [3.63, 3.8) is 0 Å². The Labute approximate surface area is 149 Å². The summed E-state index contributed by atoms with van der Waals surface area (Å²) in [4.78, 5) is 24.5. The van der Waals surface area contributed by atoms with E-state index in [0.29, 0.717) is 32.9 Å². The lowest BCUT2D eigenvalue weighted by molar-refractivity contribution is 0.0841. The summed E-state index contributed by atoms with van der Waals surface area (Å²) in [5, 5.41) is 1.29. The summed E-state index contributed by atoms with van der Waals surface area (Å²) in [5.74, 6) is -0.289. The summed E-state index contributed by atoms with van der Waals surface area (Å²) in [6, 6.07) is 12.4. The average Bonchev–Trinajstić information content (AvgIpc) is 2.87. The van der Waals surface area contributed by atoms with Crippen molar-refractivity contribution in [2.75, 3.05) is 6.61 Å². The Morgan fingerprint density at radius 1 is 1.16 bits per heavy atom. The Morgan fingerprint density at radius 2 is 1.88 bits per heavy atom. The lowest BCUT2D eigenvalue weighted by Crippen LogP contribution is -2.21. The Kier molecular flexibility index (Phi) is 4.51. The first-order chi connectivity index (χ1) is 11.9. The number of halogens is 1. The number of carbonyl (C=O) groups is 2. The molecule has 0 atom stereocenters. The van der Waals surface area contributed by atoms with E-state index < -0.39 is 5.91 Å². The summed E-state index contributed by atoms with van der Waals surface area (Å²) in [7, 11) is 0. The lowest BCUT2D eigenvalue weighted by Gasteiger charge is -2.10. The maximum Gasteiger partial charge on any atom is 0.269 e. The number of fused-ring (bicyclic) bond motifs is 1. The molecular weight excluding hydrogens is 340 g/mol. The number of hydrogen-bond donors (Lipinski definition) is 1. The van der Waals surface area contributed by atoms with Crippen molar-refractivity contribution < 1.29 is 14.3 Å². The fraction of sp³-hybridized carbons (Fsp3) is 0.158. The first-order valence-electron chi connectivity index (χ1n) is 7.72. The van der Waals surface area contributed by atoms with Crippen LogP contribution >= 0.6 is 11.6 Å². The van der Waals surface area contributed by atoms with Gasteiger partial charge in [0.15, 0.2) is 6.61 Å². The molecule has 0 saturated carbocycles. The van der Waals surface area contributed by atoms with Gasteiger partial charge in [-0.15, -0.1) is 0 Å². The van der Waals surface area contributed by atoms with Crippen LogP contribution in [0.25, 0.3) is 10.9 Å². The molecule has 0 fully saturated rings. The second kappa shape index (κ2) is 6.61. The molecule has 3 rings (SSSR count). The molecule has 1 aromatic heterocycles. The number of primary amides is 1. The van der Waals surface area contributed by atoms with Crippen molar-refractivity contribution in [2.45, 2.75) is 13.8 Å². The molecule has 3 aromatic rings. The minimum Gasteiger partial charge on any atom is -0.484 e. The molecule has 2 N–H and O–H groups in total. The lowest BCUT2D eigenvalue weighted by atomic mass is 10.1. The van der Waals surface area contributed by atoms with Crippen LogP contribution in [0.3, 0.4) is 0 Å². The van der Waals surface area contributed by atoms with Gasteiger partial charge in [0.05, 0.1) is 11.1 Å². The van der Waals surface area contributed by atoms with E-state index >= 15 is 0 Å². The van der Waals surface area contributed by atoms with Gasteiger partial charge in [-0.3, -0.25) is 14.2 Å². The normalized spacial score (nSPS) is 10.8. The van der Waals surface area contributed by atoms with Crippen molar-refractivity contribution in [3.05, 3.63) is 64.3 Å². The molecule has 2 aromatic carbocycles. The fourth-order valence-electron chi connectivity index (χ4n) is 2.92. The quantitative estimate of drug-likeness (QED) is 0.774. The van der Waals surface area contributed by atoms with Crippen LogP contribution in [-0.2, 0) is 0 Å². The van der Waals surface area contributed by atoms with Gasteiger partial charge in [-0.05, 0) is 43.7 Å². The molecule has 1 heterocycles. The van der Waals surface area contributed by atoms with E-state index in [4.69, 9.17) is 22.1 Å². The number of benzene rings is 2. The smallest absolute Gasteiger partial charge is 0.269 e. The number of carbonyl (C=O) groups excluding carboxylic acids is 2. The van der Waals surface area contributed by atoms with E-state index in [0.717, 1.165) is 5.56 Å². The third kappa shape index (κ3) is 3.10. The zero-order valence-corrected chi connectivity index (χ0v) is 14.6. The molecule has 25 heavy (non-hydrogen) atoms. The molecule has 0 aliphatic rings. The van der Waals surface area contributed by atoms with Crippen LogP contribution in [0, 0.1) is 13.8 Å². The van der Waals surface area contributed by atoms with E-state index in [-0.39, 0.29) is 12.5 Å². The van der Waals surface area contributed by atoms with Gasteiger partial charge >= 0.3 is 0 Å². The highest BCUT2D eigenvalue weighted by atomic mass is 35.5. The minimum absolute atomic E-state index is 0.168. The van der Waals surface area contributed by atoms with E-state index in [2.05, 4.69) is 0 Å². The van der Waals surface area contributed by atoms with E-state index in [1.165, 1.54) is 4.57 Å². The molecular formula is C19H17ClN2O3. The SMILES string of the molecule is Cc1cc(OCC(=O)n2c(C)c(C(N)=O)c3ccccc32)ccc1Cl. The second-order valence-electron chi connectivity index (χ2n) is 5.77. The number of nitrogens with zero attached hydrogens (tertiary/aromatic N) is 1. The number of aryl methyl sites for hydroxylation is 1. The van der Waals surface area contributed by atoms with Gasteiger partial charge in [-0.2, -0.15) is 0 Å². The summed E-state index contributed by atoms with van der Waals surface area (Å²) in [5.41, 5.74) is 7.84. The molecule has 5 nitrogen and oxygen atoms in total. The number of hydrogen-bond acceptors (Lipinski definition) is 3. The monoisotopic (exact) mass is 356 g/mol. The van der Waals surface area contributed by atoms with Crippen molar-refractivity contribution in [3.8, 4) is 5.75 Å². The number of rotatable bonds is 4. The molecule has 0 radical (unpaired) electrons. The van der Waals surface area contributed by atoms with Crippen LogP contribution in [0.1, 0.15) is 26.4 Å². The van der Waals surface area contributed by atoms with Gasteiger partial charge in [-0.25, -0.2) is 0 Å². The highest BCUT2D eigenvalue weighted by molar-refractivity contribution is 6.31. The predicted molar refractivity (Wildman–Crippen MR) is 97.5 cm³/mol. The van der Waals surface area contributed by atoms with Gasteiger partial charge in [0.1, 0.15) is 5.75 Å². The van der Waals surface area contributed by atoms with Crippen molar-refractivity contribution in [1.29, 1.82) is 0 Å². The summed E-state index contributed by atoms with van der Waals surface area (Å²) in [6.45, 7) is 3.39. The Bertz CT molecular complexity index is 992. The van der Waals surface area contributed by atoms with Crippen LogP contribution in [0.4, 0.5) is 0 Å². The predicted octanol–water partition coefficient (Wildman–Crippen LogP) is 3.73. The topological polar surface area (TPSA) is 74.3 Å².